The van der Waals surface area contributed by atoms with Gasteiger partial charge in [-0.15, -0.1) is 0 Å². The van der Waals surface area contributed by atoms with Crippen LogP contribution in [-0.2, 0) is 0 Å². The molecule has 1 N–H and O–H groups in total. The molecule has 3 aromatic rings. The molecule has 3 heterocycles. The van der Waals surface area contributed by atoms with E-state index in [-0.39, 0.29) is 11.8 Å². The minimum Gasteiger partial charge on any atom is -0.358 e. The molecule has 2 amide bonds. The number of carbonyl (C=O) groups is 2. The standard InChI is InChI=1S/C22H24N4O2/c1-15-16(2)24-20-18(15)5-3-6-19(20)22(28)26-12-4-11-25(13-14-26)21(27)17-7-9-23-10-8-17/h3,5-10,24H,4,11-14H2,1-2H3. The molecule has 1 aliphatic rings. The van der Waals surface area contributed by atoms with E-state index in [0.717, 1.165) is 23.0 Å². The van der Waals surface area contributed by atoms with E-state index in [1.807, 2.05) is 34.9 Å². The summed E-state index contributed by atoms with van der Waals surface area (Å²) < 4.78 is 0. The summed E-state index contributed by atoms with van der Waals surface area (Å²) in [6.07, 6.45) is 4.02. The molecule has 6 heteroatoms. The molecule has 1 aromatic carbocycles. The third kappa shape index (κ3) is 3.26. The van der Waals surface area contributed by atoms with Crippen LogP contribution in [0.2, 0.25) is 0 Å². The van der Waals surface area contributed by atoms with Crippen LogP contribution in [0.1, 0.15) is 38.4 Å². The lowest BCUT2D eigenvalue weighted by atomic mass is 10.1. The normalized spacial score (nSPS) is 14.9. The summed E-state index contributed by atoms with van der Waals surface area (Å²) in [6.45, 7) is 6.45. The number of nitrogens with one attached hydrogen (secondary N) is 1. The molecule has 2 aromatic heterocycles. The summed E-state index contributed by atoms with van der Waals surface area (Å²) in [4.78, 5) is 36.9. The van der Waals surface area contributed by atoms with Crippen LogP contribution >= 0.6 is 0 Å². The Morgan fingerprint density at radius 3 is 2.32 bits per heavy atom. The highest BCUT2D eigenvalue weighted by Crippen LogP contribution is 2.25. The van der Waals surface area contributed by atoms with Crippen molar-refractivity contribution in [3.8, 4) is 0 Å². The fourth-order valence-electron chi connectivity index (χ4n) is 3.83. The zero-order valence-electron chi connectivity index (χ0n) is 16.2. The molecule has 0 aliphatic carbocycles. The fourth-order valence-corrected chi connectivity index (χ4v) is 3.83. The Kier molecular flexibility index (Phi) is 4.86. The number of hydrogen-bond acceptors (Lipinski definition) is 3. The quantitative estimate of drug-likeness (QED) is 0.747. The highest BCUT2D eigenvalue weighted by molar-refractivity contribution is 6.06. The van der Waals surface area contributed by atoms with E-state index in [9.17, 15) is 9.59 Å². The van der Waals surface area contributed by atoms with E-state index < -0.39 is 0 Å². The minimum absolute atomic E-state index is 0.00517. The van der Waals surface area contributed by atoms with E-state index in [2.05, 4.69) is 16.9 Å². The molecule has 144 valence electrons. The van der Waals surface area contributed by atoms with E-state index in [4.69, 9.17) is 0 Å². The number of benzene rings is 1. The van der Waals surface area contributed by atoms with Gasteiger partial charge in [-0.05, 0) is 44.0 Å². The minimum atomic E-state index is -0.00517. The predicted molar refractivity (Wildman–Crippen MR) is 108 cm³/mol. The van der Waals surface area contributed by atoms with Gasteiger partial charge < -0.3 is 14.8 Å². The van der Waals surface area contributed by atoms with E-state index in [1.165, 1.54) is 5.56 Å². The first-order valence-corrected chi connectivity index (χ1v) is 9.62. The highest BCUT2D eigenvalue weighted by Gasteiger charge is 2.25. The lowest BCUT2D eigenvalue weighted by Crippen LogP contribution is -2.37. The molecule has 4 rings (SSSR count). The van der Waals surface area contributed by atoms with Crippen molar-refractivity contribution in [2.75, 3.05) is 26.2 Å². The molecule has 0 saturated carbocycles. The number of hydrogen-bond donors (Lipinski definition) is 1. The number of aromatic amines is 1. The van der Waals surface area contributed by atoms with Gasteiger partial charge in [-0.1, -0.05) is 12.1 Å². The molecule has 0 unspecified atom stereocenters. The van der Waals surface area contributed by atoms with Gasteiger partial charge in [-0.25, -0.2) is 0 Å². The predicted octanol–water partition coefficient (Wildman–Crippen LogP) is 3.17. The number of para-hydroxylation sites is 1. The van der Waals surface area contributed by atoms with Gasteiger partial charge in [0.05, 0.1) is 11.1 Å². The zero-order valence-corrected chi connectivity index (χ0v) is 16.2. The summed E-state index contributed by atoms with van der Waals surface area (Å²) in [5, 5.41) is 1.09. The SMILES string of the molecule is Cc1[nH]c2c(C(=O)N3CCCN(C(=O)c4ccncc4)CC3)cccc2c1C. The number of amides is 2. The van der Waals surface area contributed by atoms with Gasteiger partial charge in [0.15, 0.2) is 0 Å². The summed E-state index contributed by atoms with van der Waals surface area (Å²) in [5.41, 5.74) is 4.49. The van der Waals surface area contributed by atoms with Gasteiger partial charge in [0.2, 0.25) is 0 Å². The molecule has 28 heavy (non-hydrogen) atoms. The van der Waals surface area contributed by atoms with Crippen LogP contribution in [0.25, 0.3) is 10.9 Å². The van der Waals surface area contributed by atoms with Crippen molar-refractivity contribution in [2.24, 2.45) is 0 Å². The molecular formula is C22H24N4O2. The first kappa shape index (κ1) is 18.2. The number of nitrogens with zero attached hydrogens (tertiary/aromatic N) is 3. The Morgan fingerprint density at radius 2 is 1.61 bits per heavy atom. The second-order valence-electron chi connectivity index (χ2n) is 7.28. The van der Waals surface area contributed by atoms with Crippen LogP contribution in [0.4, 0.5) is 0 Å². The lowest BCUT2D eigenvalue weighted by Gasteiger charge is -2.22. The molecule has 6 nitrogen and oxygen atoms in total. The Hall–Kier alpha value is -3.15. The van der Waals surface area contributed by atoms with Crippen molar-refractivity contribution in [3.05, 3.63) is 65.1 Å². The van der Waals surface area contributed by atoms with Gasteiger partial charge >= 0.3 is 0 Å². The third-order valence-corrected chi connectivity index (χ3v) is 5.57. The zero-order chi connectivity index (χ0) is 19.7. The molecule has 1 saturated heterocycles. The van der Waals surface area contributed by atoms with Crippen LogP contribution in [0.15, 0.2) is 42.7 Å². The van der Waals surface area contributed by atoms with Gasteiger partial charge in [0, 0.05) is 55.2 Å². The Bertz CT molecular complexity index is 1030. The molecule has 1 fully saturated rings. The average molecular weight is 376 g/mol. The second-order valence-corrected chi connectivity index (χ2v) is 7.28. The lowest BCUT2D eigenvalue weighted by molar-refractivity contribution is 0.0719. The Labute approximate surface area is 164 Å². The molecule has 1 aliphatic heterocycles. The van der Waals surface area contributed by atoms with Crippen molar-refractivity contribution in [3.63, 3.8) is 0 Å². The third-order valence-electron chi connectivity index (χ3n) is 5.57. The van der Waals surface area contributed by atoms with Crippen LogP contribution in [0.5, 0.6) is 0 Å². The number of carbonyl (C=O) groups excluding carboxylic acids is 2. The smallest absolute Gasteiger partial charge is 0.256 e. The van der Waals surface area contributed by atoms with Crippen molar-refractivity contribution in [2.45, 2.75) is 20.3 Å². The van der Waals surface area contributed by atoms with Crippen LogP contribution in [-0.4, -0.2) is 57.8 Å². The van der Waals surface area contributed by atoms with E-state index in [1.54, 1.807) is 24.5 Å². The molecule has 0 radical (unpaired) electrons. The van der Waals surface area contributed by atoms with Gasteiger partial charge in [-0.3, -0.25) is 14.6 Å². The molecular weight excluding hydrogens is 352 g/mol. The number of fused-ring (bicyclic) bond motifs is 1. The second kappa shape index (κ2) is 7.46. The largest absolute Gasteiger partial charge is 0.358 e. The number of aryl methyl sites for hydroxylation is 2. The topological polar surface area (TPSA) is 69.3 Å². The maximum absolute atomic E-state index is 13.2. The van der Waals surface area contributed by atoms with Crippen molar-refractivity contribution >= 4 is 22.7 Å². The summed E-state index contributed by atoms with van der Waals surface area (Å²) in [5.74, 6) is 0.0134. The monoisotopic (exact) mass is 376 g/mol. The Morgan fingerprint density at radius 1 is 0.929 bits per heavy atom. The number of rotatable bonds is 2. The molecule has 0 bridgehead atoms. The number of pyridine rings is 1. The summed E-state index contributed by atoms with van der Waals surface area (Å²) in [7, 11) is 0. The van der Waals surface area contributed by atoms with Crippen LogP contribution in [0.3, 0.4) is 0 Å². The maximum atomic E-state index is 13.2. The maximum Gasteiger partial charge on any atom is 0.256 e. The van der Waals surface area contributed by atoms with Crippen LogP contribution < -0.4 is 0 Å². The van der Waals surface area contributed by atoms with Gasteiger partial charge in [0.1, 0.15) is 0 Å². The highest BCUT2D eigenvalue weighted by atomic mass is 16.2. The fraction of sp³-hybridized carbons (Fsp3) is 0.318. The number of H-pyrrole nitrogens is 1. The van der Waals surface area contributed by atoms with E-state index >= 15 is 0 Å². The first-order chi connectivity index (χ1) is 13.6. The van der Waals surface area contributed by atoms with Crippen molar-refractivity contribution < 1.29 is 9.59 Å². The number of aromatic nitrogens is 2. The average Bonchev–Trinajstić information content (AvgIpc) is 2.90. The van der Waals surface area contributed by atoms with Crippen molar-refractivity contribution in [1.82, 2.24) is 19.8 Å². The van der Waals surface area contributed by atoms with Gasteiger partial charge in [0.25, 0.3) is 11.8 Å². The molecule has 0 atom stereocenters. The first-order valence-electron chi connectivity index (χ1n) is 9.62. The van der Waals surface area contributed by atoms with Gasteiger partial charge in [-0.2, -0.15) is 0 Å². The van der Waals surface area contributed by atoms with Crippen molar-refractivity contribution in [1.29, 1.82) is 0 Å². The van der Waals surface area contributed by atoms with E-state index in [0.29, 0.717) is 37.3 Å². The Balaban J connectivity index is 1.53. The summed E-state index contributed by atoms with van der Waals surface area (Å²) >= 11 is 0. The van der Waals surface area contributed by atoms with Crippen LogP contribution in [0, 0.1) is 13.8 Å². The molecule has 0 spiro atoms. The summed E-state index contributed by atoms with van der Waals surface area (Å²) in [6, 6.07) is 9.32.